The number of fused-ring (bicyclic) bond motifs is 1. The molecule has 0 aromatic heterocycles. The average molecular weight is 275 g/mol. The molecule has 112 valence electrons. The molecule has 0 heterocycles. The highest BCUT2D eigenvalue weighted by atomic mass is 16.5. The third kappa shape index (κ3) is 3.99. The van der Waals surface area contributed by atoms with Crippen LogP contribution in [0.5, 0.6) is 5.75 Å². The van der Waals surface area contributed by atoms with Crippen LogP contribution in [0.4, 0.5) is 0 Å². The Labute approximate surface area is 123 Å². The quantitative estimate of drug-likeness (QED) is 0.791. The van der Waals surface area contributed by atoms with E-state index >= 15 is 0 Å². The molecule has 0 saturated heterocycles. The Morgan fingerprint density at radius 2 is 2.20 bits per heavy atom. The largest absolute Gasteiger partial charge is 0.493 e. The molecule has 0 fully saturated rings. The SMILES string of the molecule is CCCNC1CCCc2cc(OCC(C)CC)ccc21. The van der Waals surface area contributed by atoms with Crippen LogP contribution in [-0.4, -0.2) is 13.2 Å². The molecule has 1 aliphatic rings. The van der Waals surface area contributed by atoms with Crippen LogP contribution in [0.3, 0.4) is 0 Å². The fraction of sp³-hybridized carbons (Fsp3) is 0.667. The molecule has 1 aromatic carbocycles. The molecule has 1 N–H and O–H groups in total. The summed E-state index contributed by atoms with van der Waals surface area (Å²) in [5, 5.41) is 3.67. The summed E-state index contributed by atoms with van der Waals surface area (Å²) in [5.74, 6) is 1.67. The smallest absolute Gasteiger partial charge is 0.119 e. The first kappa shape index (κ1) is 15.4. The Morgan fingerprint density at radius 1 is 1.35 bits per heavy atom. The minimum Gasteiger partial charge on any atom is -0.493 e. The van der Waals surface area contributed by atoms with E-state index in [0.717, 1.165) is 18.9 Å². The van der Waals surface area contributed by atoms with E-state index in [9.17, 15) is 0 Å². The van der Waals surface area contributed by atoms with E-state index in [0.29, 0.717) is 12.0 Å². The molecule has 1 aromatic rings. The van der Waals surface area contributed by atoms with Crippen molar-refractivity contribution in [2.75, 3.05) is 13.2 Å². The van der Waals surface area contributed by atoms with Crippen LogP contribution in [0.25, 0.3) is 0 Å². The van der Waals surface area contributed by atoms with Gasteiger partial charge in [-0.15, -0.1) is 0 Å². The summed E-state index contributed by atoms with van der Waals surface area (Å²) < 4.78 is 5.92. The predicted molar refractivity (Wildman–Crippen MR) is 85.4 cm³/mol. The molecule has 0 saturated carbocycles. The van der Waals surface area contributed by atoms with Crippen LogP contribution in [0, 0.1) is 5.92 Å². The lowest BCUT2D eigenvalue weighted by atomic mass is 9.87. The highest BCUT2D eigenvalue weighted by Crippen LogP contribution is 2.32. The fourth-order valence-electron chi connectivity index (χ4n) is 2.77. The Hall–Kier alpha value is -1.02. The van der Waals surface area contributed by atoms with Crippen LogP contribution in [0.15, 0.2) is 18.2 Å². The van der Waals surface area contributed by atoms with E-state index in [4.69, 9.17) is 4.74 Å². The van der Waals surface area contributed by atoms with Crippen molar-refractivity contribution in [1.29, 1.82) is 0 Å². The lowest BCUT2D eigenvalue weighted by Crippen LogP contribution is -2.25. The van der Waals surface area contributed by atoms with E-state index in [1.54, 1.807) is 0 Å². The van der Waals surface area contributed by atoms with Gasteiger partial charge in [-0.2, -0.15) is 0 Å². The Bertz CT molecular complexity index is 416. The number of benzene rings is 1. The van der Waals surface area contributed by atoms with Crippen molar-refractivity contribution in [2.24, 2.45) is 5.92 Å². The van der Waals surface area contributed by atoms with E-state index in [2.05, 4.69) is 44.3 Å². The second-order valence-corrected chi connectivity index (χ2v) is 6.08. The van der Waals surface area contributed by atoms with Crippen molar-refractivity contribution in [1.82, 2.24) is 5.32 Å². The Kier molecular flexibility index (Phi) is 5.90. The average Bonchev–Trinajstić information content (AvgIpc) is 2.50. The number of ether oxygens (including phenoxy) is 1. The van der Waals surface area contributed by atoms with Gasteiger partial charge in [0.25, 0.3) is 0 Å². The topological polar surface area (TPSA) is 21.3 Å². The van der Waals surface area contributed by atoms with Gasteiger partial charge in [-0.3, -0.25) is 0 Å². The maximum atomic E-state index is 5.92. The van der Waals surface area contributed by atoms with Crippen molar-refractivity contribution in [3.63, 3.8) is 0 Å². The van der Waals surface area contributed by atoms with Crippen LogP contribution in [0.2, 0.25) is 0 Å². The highest BCUT2D eigenvalue weighted by Gasteiger charge is 2.19. The zero-order chi connectivity index (χ0) is 14.4. The fourth-order valence-corrected chi connectivity index (χ4v) is 2.77. The highest BCUT2D eigenvalue weighted by molar-refractivity contribution is 5.39. The molecule has 2 heteroatoms. The minimum absolute atomic E-state index is 0.544. The van der Waals surface area contributed by atoms with Crippen LogP contribution < -0.4 is 10.1 Å². The van der Waals surface area contributed by atoms with E-state index in [1.807, 2.05) is 0 Å². The lowest BCUT2D eigenvalue weighted by molar-refractivity contribution is 0.256. The first-order valence-corrected chi connectivity index (χ1v) is 8.23. The second-order valence-electron chi connectivity index (χ2n) is 6.08. The van der Waals surface area contributed by atoms with Gasteiger partial charge in [-0.25, -0.2) is 0 Å². The minimum atomic E-state index is 0.544. The molecule has 0 radical (unpaired) electrons. The third-order valence-corrected chi connectivity index (χ3v) is 4.30. The molecule has 2 atom stereocenters. The number of aryl methyl sites for hydroxylation is 1. The van der Waals surface area contributed by atoms with Gasteiger partial charge < -0.3 is 10.1 Å². The van der Waals surface area contributed by atoms with Crippen molar-refractivity contribution >= 4 is 0 Å². The molecule has 0 bridgehead atoms. The molecule has 0 aliphatic heterocycles. The number of rotatable bonds is 7. The predicted octanol–water partition coefficient (Wildman–Crippen LogP) is 4.49. The molecular weight excluding hydrogens is 246 g/mol. The summed E-state index contributed by atoms with van der Waals surface area (Å²) in [6.45, 7) is 8.61. The molecular formula is C18H29NO. The molecule has 2 nitrogen and oxygen atoms in total. The van der Waals surface area contributed by atoms with Crippen molar-refractivity contribution in [3.8, 4) is 5.75 Å². The summed E-state index contributed by atoms with van der Waals surface area (Å²) >= 11 is 0. The van der Waals surface area contributed by atoms with E-state index in [-0.39, 0.29) is 0 Å². The molecule has 20 heavy (non-hydrogen) atoms. The normalized spacial score (nSPS) is 19.4. The van der Waals surface area contributed by atoms with Gasteiger partial charge in [-0.1, -0.05) is 33.3 Å². The summed E-state index contributed by atoms with van der Waals surface area (Å²) in [5.41, 5.74) is 2.96. The van der Waals surface area contributed by atoms with Gasteiger partial charge >= 0.3 is 0 Å². The van der Waals surface area contributed by atoms with Crippen LogP contribution in [0.1, 0.15) is 63.6 Å². The van der Waals surface area contributed by atoms with E-state index < -0.39 is 0 Å². The van der Waals surface area contributed by atoms with Crippen LogP contribution in [-0.2, 0) is 6.42 Å². The third-order valence-electron chi connectivity index (χ3n) is 4.30. The number of hydrogen-bond acceptors (Lipinski definition) is 2. The van der Waals surface area contributed by atoms with Gasteiger partial charge in [-0.05, 0) is 61.4 Å². The summed E-state index contributed by atoms with van der Waals surface area (Å²) in [6, 6.07) is 7.22. The summed E-state index contributed by atoms with van der Waals surface area (Å²) in [6.07, 6.45) is 6.11. The maximum absolute atomic E-state index is 5.92. The zero-order valence-electron chi connectivity index (χ0n) is 13.2. The van der Waals surface area contributed by atoms with Gasteiger partial charge in [0.1, 0.15) is 5.75 Å². The first-order chi connectivity index (χ1) is 9.74. The molecule has 2 rings (SSSR count). The Balaban J connectivity index is 2.03. The van der Waals surface area contributed by atoms with Gasteiger partial charge in [0.15, 0.2) is 0 Å². The lowest BCUT2D eigenvalue weighted by Gasteiger charge is -2.27. The number of hydrogen-bond donors (Lipinski definition) is 1. The van der Waals surface area contributed by atoms with Gasteiger partial charge in [0.05, 0.1) is 6.61 Å². The maximum Gasteiger partial charge on any atom is 0.119 e. The Morgan fingerprint density at radius 3 is 2.95 bits per heavy atom. The van der Waals surface area contributed by atoms with Crippen molar-refractivity contribution < 1.29 is 4.74 Å². The van der Waals surface area contributed by atoms with Crippen molar-refractivity contribution in [3.05, 3.63) is 29.3 Å². The molecule has 0 amide bonds. The molecule has 1 aliphatic carbocycles. The molecule has 2 unspecified atom stereocenters. The zero-order valence-corrected chi connectivity index (χ0v) is 13.2. The van der Waals surface area contributed by atoms with E-state index in [1.165, 1.54) is 43.2 Å². The number of nitrogens with one attached hydrogen (secondary N) is 1. The summed E-state index contributed by atoms with van der Waals surface area (Å²) in [4.78, 5) is 0. The van der Waals surface area contributed by atoms with Crippen molar-refractivity contribution in [2.45, 2.75) is 58.9 Å². The first-order valence-electron chi connectivity index (χ1n) is 8.23. The standard InChI is InChI=1S/C18H29NO/c1-4-11-19-18-8-6-7-15-12-16(9-10-17(15)18)20-13-14(3)5-2/h9-10,12,14,18-19H,4-8,11,13H2,1-3H3. The monoisotopic (exact) mass is 275 g/mol. The molecule has 0 spiro atoms. The van der Waals surface area contributed by atoms with Crippen LogP contribution >= 0.6 is 0 Å². The van der Waals surface area contributed by atoms with Gasteiger partial charge in [0.2, 0.25) is 0 Å². The summed E-state index contributed by atoms with van der Waals surface area (Å²) in [7, 11) is 0. The second kappa shape index (κ2) is 7.68. The van der Waals surface area contributed by atoms with Gasteiger partial charge in [0, 0.05) is 6.04 Å².